The zero-order valence-electron chi connectivity index (χ0n) is 14.8. The molecule has 0 radical (unpaired) electrons. The fourth-order valence-corrected chi connectivity index (χ4v) is 3.11. The smallest absolute Gasteiger partial charge is 0.284 e. The molecule has 0 N–H and O–H groups in total. The molecule has 0 saturated heterocycles. The summed E-state index contributed by atoms with van der Waals surface area (Å²) in [4.78, 5) is 19.6. The number of aromatic nitrogens is 1. The fraction of sp³-hybridized carbons (Fsp3) is 0.0476. The van der Waals surface area contributed by atoms with E-state index in [1.165, 1.54) is 11.6 Å². The molecule has 0 aliphatic heterocycles. The Morgan fingerprint density at radius 2 is 1.89 bits per heavy atom. The quantitative estimate of drug-likeness (QED) is 0.216. The first-order chi connectivity index (χ1) is 13.5. The molecule has 0 aliphatic carbocycles. The van der Waals surface area contributed by atoms with Gasteiger partial charge in [-0.2, -0.15) is 0 Å². The van der Waals surface area contributed by atoms with E-state index in [0.717, 1.165) is 5.56 Å². The molecule has 0 fully saturated rings. The lowest BCUT2D eigenvalue weighted by Gasteiger charge is -1.97. The molecule has 1 aromatic heterocycles. The Labute approximate surface area is 168 Å². The number of hydrogen-bond donors (Lipinski definition) is 0. The van der Waals surface area contributed by atoms with Gasteiger partial charge in [0.15, 0.2) is 5.58 Å². The van der Waals surface area contributed by atoms with Crippen LogP contribution in [0, 0.1) is 17.0 Å². The van der Waals surface area contributed by atoms with Crippen LogP contribution < -0.4 is 0 Å². The number of nitro benzene ring substituents is 1. The SMILES string of the molecule is Cc1ccc(-c2nc3cc(N=Cc4ccc(Br)c([N+](=O)[O-])c4)ccc3o2)cc1. The third kappa shape index (κ3) is 3.70. The topological polar surface area (TPSA) is 81.5 Å². The Kier molecular flexibility index (Phi) is 4.75. The molecule has 4 rings (SSSR count). The van der Waals surface area contributed by atoms with Crippen LogP contribution in [0.3, 0.4) is 0 Å². The molecule has 7 heteroatoms. The predicted octanol–water partition coefficient (Wildman–Crippen LogP) is 6.22. The Morgan fingerprint density at radius 3 is 2.64 bits per heavy atom. The van der Waals surface area contributed by atoms with Gasteiger partial charge in [-0.05, 0) is 64.8 Å². The number of nitrogens with zero attached hydrogens (tertiary/aromatic N) is 3. The minimum absolute atomic E-state index is 0.00126. The van der Waals surface area contributed by atoms with Gasteiger partial charge in [0.25, 0.3) is 5.69 Å². The number of nitro groups is 1. The molecule has 6 nitrogen and oxygen atoms in total. The van der Waals surface area contributed by atoms with Crippen molar-refractivity contribution >= 4 is 44.6 Å². The summed E-state index contributed by atoms with van der Waals surface area (Å²) >= 11 is 3.17. The molecular formula is C21H14BrN3O3. The third-order valence-electron chi connectivity index (χ3n) is 4.20. The first-order valence-corrected chi connectivity index (χ1v) is 9.24. The van der Waals surface area contributed by atoms with Gasteiger partial charge in [-0.1, -0.05) is 23.8 Å². The van der Waals surface area contributed by atoms with Crippen LogP contribution >= 0.6 is 15.9 Å². The molecule has 0 atom stereocenters. The van der Waals surface area contributed by atoms with E-state index in [1.807, 2.05) is 49.4 Å². The van der Waals surface area contributed by atoms with Crippen LogP contribution in [-0.2, 0) is 0 Å². The highest BCUT2D eigenvalue weighted by Crippen LogP contribution is 2.28. The summed E-state index contributed by atoms with van der Waals surface area (Å²) in [6, 6.07) is 18.3. The summed E-state index contributed by atoms with van der Waals surface area (Å²) < 4.78 is 6.26. The van der Waals surface area contributed by atoms with Gasteiger partial charge in [-0.15, -0.1) is 0 Å². The van der Waals surface area contributed by atoms with E-state index in [1.54, 1.807) is 18.3 Å². The minimum Gasteiger partial charge on any atom is -0.436 e. The fourth-order valence-electron chi connectivity index (χ4n) is 2.71. The lowest BCUT2D eigenvalue weighted by Crippen LogP contribution is -1.91. The van der Waals surface area contributed by atoms with Crippen molar-refractivity contribution in [1.82, 2.24) is 4.98 Å². The van der Waals surface area contributed by atoms with Crippen LogP contribution in [0.25, 0.3) is 22.6 Å². The second kappa shape index (κ2) is 7.36. The second-order valence-corrected chi connectivity index (χ2v) is 7.12. The maximum absolute atomic E-state index is 11.0. The van der Waals surface area contributed by atoms with Gasteiger partial charge in [-0.25, -0.2) is 4.98 Å². The number of fused-ring (bicyclic) bond motifs is 1. The first kappa shape index (κ1) is 18.1. The van der Waals surface area contributed by atoms with Crippen molar-refractivity contribution in [2.45, 2.75) is 6.92 Å². The van der Waals surface area contributed by atoms with Crippen LogP contribution in [0.5, 0.6) is 0 Å². The number of rotatable bonds is 4. The summed E-state index contributed by atoms with van der Waals surface area (Å²) in [5.41, 5.74) is 4.77. The number of oxazole rings is 1. The zero-order valence-corrected chi connectivity index (χ0v) is 16.4. The summed E-state index contributed by atoms with van der Waals surface area (Å²) in [6.07, 6.45) is 1.58. The lowest BCUT2D eigenvalue weighted by molar-refractivity contribution is -0.385. The average molecular weight is 436 g/mol. The van der Waals surface area contributed by atoms with Crippen molar-refractivity contribution in [3.8, 4) is 11.5 Å². The third-order valence-corrected chi connectivity index (χ3v) is 4.87. The number of aliphatic imine (C=N–C) groups is 1. The summed E-state index contributed by atoms with van der Waals surface area (Å²) in [5, 5.41) is 11.0. The number of hydrogen-bond acceptors (Lipinski definition) is 5. The van der Waals surface area contributed by atoms with Crippen molar-refractivity contribution in [1.29, 1.82) is 0 Å². The summed E-state index contributed by atoms with van der Waals surface area (Å²) in [6.45, 7) is 2.03. The number of benzene rings is 3. The summed E-state index contributed by atoms with van der Waals surface area (Å²) in [5.74, 6) is 0.555. The average Bonchev–Trinajstić information content (AvgIpc) is 3.11. The molecule has 28 heavy (non-hydrogen) atoms. The zero-order chi connectivity index (χ0) is 19.7. The Balaban J connectivity index is 1.63. The van der Waals surface area contributed by atoms with Gasteiger partial charge in [0.2, 0.25) is 5.89 Å². The van der Waals surface area contributed by atoms with Gasteiger partial charge >= 0.3 is 0 Å². The second-order valence-electron chi connectivity index (χ2n) is 6.26. The Bertz CT molecular complexity index is 1210. The van der Waals surface area contributed by atoms with Gasteiger partial charge < -0.3 is 4.42 Å². The van der Waals surface area contributed by atoms with Crippen molar-refractivity contribution in [3.63, 3.8) is 0 Å². The molecular weight excluding hydrogens is 422 g/mol. The highest BCUT2D eigenvalue weighted by molar-refractivity contribution is 9.10. The predicted molar refractivity (Wildman–Crippen MR) is 112 cm³/mol. The van der Waals surface area contributed by atoms with Crippen molar-refractivity contribution < 1.29 is 9.34 Å². The van der Waals surface area contributed by atoms with Crippen molar-refractivity contribution in [2.24, 2.45) is 4.99 Å². The van der Waals surface area contributed by atoms with E-state index >= 15 is 0 Å². The van der Waals surface area contributed by atoms with Crippen LogP contribution in [0.4, 0.5) is 11.4 Å². The molecule has 138 valence electrons. The maximum atomic E-state index is 11.0. The molecule has 0 bridgehead atoms. The van der Waals surface area contributed by atoms with Crippen LogP contribution in [0.15, 0.2) is 74.5 Å². The molecule has 4 aromatic rings. The van der Waals surface area contributed by atoms with Gasteiger partial charge in [0.05, 0.1) is 15.1 Å². The van der Waals surface area contributed by atoms with E-state index in [0.29, 0.717) is 32.7 Å². The van der Waals surface area contributed by atoms with Crippen LogP contribution in [0.1, 0.15) is 11.1 Å². The largest absolute Gasteiger partial charge is 0.436 e. The lowest BCUT2D eigenvalue weighted by atomic mass is 10.1. The molecule has 0 saturated carbocycles. The van der Waals surface area contributed by atoms with Crippen molar-refractivity contribution in [2.75, 3.05) is 0 Å². The highest BCUT2D eigenvalue weighted by Gasteiger charge is 2.12. The number of aryl methyl sites for hydroxylation is 1. The molecule has 0 spiro atoms. The van der Waals surface area contributed by atoms with E-state index in [4.69, 9.17) is 4.42 Å². The van der Waals surface area contributed by atoms with E-state index in [-0.39, 0.29) is 5.69 Å². The van der Waals surface area contributed by atoms with Gasteiger partial charge in [-0.3, -0.25) is 15.1 Å². The van der Waals surface area contributed by atoms with Crippen molar-refractivity contribution in [3.05, 3.63) is 86.4 Å². The van der Waals surface area contributed by atoms with Gasteiger partial charge in [0.1, 0.15) is 5.52 Å². The maximum Gasteiger partial charge on any atom is 0.284 e. The molecule has 3 aromatic carbocycles. The summed E-state index contributed by atoms with van der Waals surface area (Å²) in [7, 11) is 0. The van der Waals surface area contributed by atoms with Crippen LogP contribution in [-0.4, -0.2) is 16.1 Å². The highest BCUT2D eigenvalue weighted by atomic mass is 79.9. The van der Waals surface area contributed by atoms with Gasteiger partial charge in [0, 0.05) is 17.8 Å². The van der Waals surface area contributed by atoms with Crippen LogP contribution in [0.2, 0.25) is 0 Å². The molecule has 0 amide bonds. The molecule has 1 heterocycles. The Hall–Kier alpha value is -3.32. The first-order valence-electron chi connectivity index (χ1n) is 8.45. The van der Waals surface area contributed by atoms with E-state index < -0.39 is 4.92 Å². The van der Waals surface area contributed by atoms with E-state index in [2.05, 4.69) is 25.9 Å². The standard InChI is InChI=1S/C21H14BrN3O3/c1-13-2-5-15(6-3-13)21-24-18-11-16(7-9-20(18)28-21)23-12-14-4-8-17(22)19(10-14)25(26)27/h2-12H,1H3. The minimum atomic E-state index is -0.435. The van der Waals surface area contributed by atoms with E-state index in [9.17, 15) is 10.1 Å². The molecule has 0 unspecified atom stereocenters. The normalized spacial score (nSPS) is 11.4. The monoisotopic (exact) mass is 435 g/mol. The number of halogens is 1. The Morgan fingerprint density at radius 1 is 1.11 bits per heavy atom. The molecule has 0 aliphatic rings.